The zero-order valence-corrected chi connectivity index (χ0v) is 14.7. The molecule has 0 saturated carbocycles. The SMILES string of the molecule is O=C(NCCc1ccncc1)[C@H]1C[C@@H]2CCN(c3nncs3)C[C@H]2O1. The average molecular weight is 359 g/mol. The molecule has 132 valence electrons. The summed E-state index contributed by atoms with van der Waals surface area (Å²) in [5.74, 6) is 0.464. The number of aromatic nitrogens is 3. The fourth-order valence-corrected chi connectivity index (χ4v) is 4.17. The number of hydrogen-bond donors (Lipinski definition) is 1. The Balaban J connectivity index is 1.26. The van der Waals surface area contributed by atoms with E-state index in [1.165, 1.54) is 5.56 Å². The highest BCUT2D eigenvalue weighted by Crippen LogP contribution is 2.35. The van der Waals surface area contributed by atoms with Gasteiger partial charge in [0, 0.05) is 32.0 Å². The molecule has 1 N–H and O–H groups in total. The number of ether oxygens (including phenoxy) is 1. The lowest BCUT2D eigenvalue weighted by molar-refractivity contribution is -0.131. The quantitative estimate of drug-likeness (QED) is 0.866. The van der Waals surface area contributed by atoms with Crippen molar-refractivity contribution in [2.75, 3.05) is 24.5 Å². The normalized spacial score (nSPS) is 25.6. The van der Waals surface area contributed by atoms with Gasteiger partial charge in [-0.05, 0) is 42.9 Å². The molecule has 0 aliphatic carbocycles. The molecule has 2 aromatic heterocycles. The van der Waals surface area contributed by atoms with Gasteiger partial charge in [-0.2, -0.15) is 0 Å². The molecule has 4 rings (SSSR count). The molecular formula is C17H21N5O2S. The third-order valence-electron chi connectivity index (χ3n) is 4.93. The van der Waals surface area contributed by atoms with Crippen LogP contribution < -0.4 is 10.2 Å². The van der Waals surface area contributed by atoms with Crippen molar-refractivity contribution in [2.24, 2.45) is 5.92 Å². The molecule has 4 heterocycles. The number of rotatable bonds is 5. The lowest BCUT2D eigenvalue weighted by Crippen LogP contribution is -2.42. The Bertz CT molecular complexity index is 696. The number of anilines is 1. The molecule has 2 saturated heterocycles. The van der Waals surface area contributed by atoms with Crippen molar-refractivity contribution in [3.8, 4) is 0 Å². The summed E-state index contributed by atoms with van der Waals surface area (Å²) in [7, 11) is 0. The predicted molar refractivity (Wildman–Crippen MR) is 94.5 cm³/mol. The van der Waals surface area contributed by atoms with Gasteiger partial charge < -0.3 is 15.0 Å². The van der Waals surface area contributed by atoms with Crippen LogP contribution in [0.25, 0.3) is 0 Å². The van der Waals surface area contributed by atoms with Gasteiger partial charge in [0.15, 0.2) is 0 Å². The van der Waals surface area contributed by atoms with Crippen molar-refractivity contribution in [3.05, 3.63) is 35.6 Å². The van der Waals surface area contributed by atoms with E-state index in [1.807, 2.05) is 12.1 Å². The number of fused-ring (bicyclic) bond motifs is 1. The summed E-state index contributed by atoms with van der Waals surface area (Å²) in [6.45, 7) is 2.37. The summed E-state index contributed by atoms with van der Waals surface area (Å²) in [5, 5.41) is 12.0. The van der Waals surface area contributed by atoms with Crippen LogP contribution >= 0.6 is 11.3 Å². The van der Waals surface area contributed by atoms with Crippen LogP contribution in [-0.2, 0) is 16.0 Å². The molecule has 0 aromatic carbocycles. The van der Waals surface area contributed by atoms with E-state index in [2.05, 4.69) is 25.4 Å². The second-order valence-electron chi connectivity index (χ2n) is 6.51. The van der Waals surface area contributed by atoms with Crippen molar-refractivity contribution >= 4 is 22.4 Å². The van der Waals surface area contributed by atoms with Gasteiger partial charge in [-0.1, -0.05) is 11.3 Å². The summed E-state index contributed by atoms with van der Waals surface area (Å²) >= 11 is 1.54. The molecule has 2 aliphatic rings. The van der Waals surface area contributed by atoms with Gasteiger partial charge in [-0.3, -0.25) is 9.78 Å². The van der Waals surface area contributed by atoms with E-state index in [4.69, 9.17) is 4.74 Å². The minimum absolute atomic E-state index is 0.00548. The van der Waals surface area contributed by atoms with Crippen LogP contribution in [0.1, 0.15) is 18.4 Å². The van der Waals surface area contributed by atoms with Crippen LogP contribution in [0.3, 0.4) is 0 Å². The average Bonchev–Trinajstić information content (AvgIpc) is 3.31. The van der Waals surface area contributed by atoms with Gasteiger partial charge in [0.25, 0.3) is 0 Å². The predicted octanol–water partition coefficient (Wildman–Crippen LogP) is 1.28. The molecule has 3 atom stereocenters. The first kappa shape index (κ1) is 16.4. The maximum absolute atomic E-state index is 12.4. The van der Waals surface area contributed by atoms with Crippen molar-refractivity contribution in [1.82, 2.24) is 20.5 Å². The molecule has 7 nitrogen and oxygen atoms in total. The van der Waals surface area contributed by atoms with E-state index in [1.54, 1.807) is 29.2 Å². The standard InChI is InChI=1S/C17H21N5O2S/c23-16(19-7-3-12-1-5-18-6-2-12)14-9-13-4-8-22(10-15(13)24-14)17-21-20-11-25-17/h1-2,5-6,11,13-15H,3-4,7-10H2,(H,19,23)/t13-,14+,15+/m0/s1. The van der Waals surface area contributed by atoms with Crippen molar-refractivity contribution < 1.29 is 9.53 Å². The van der Waals surface area contributed by atoms with Crippen LogP contribution in [0, 0.1) is 5.92 Å². The molecule has 25 heavy (non-hydrogen) atoms. The number of nitrogens with one attached hydrogen (secondary N) is 1. The maximum Gasteiger partial charge on any atom is 0.249 e. The molecule has 0 bridgehead atoms. The molecule has 0 unspecified atom stereocenters. The number of hydrogen-bond acceptors (Lipinski definition) is 7. The van der Waals surface area contributed by atoms with E-state index in [-0.39, 0.29) is 18.1 Å². The highest BCUT2D eigenvalue weighted by Gasteiger charge is 2.42. The summed E-state index contributed by atoms with van der Waals surface area (Å²) in [5.41, 5.74) is 2.92. The molecule has 0 spiro atoms. The van der Waals surface area contributed by atoms with Crippen LogP contribution in [0.2, 0.25) is 0 Å². The van der Waals surface area contributed by atoms with Crippen molar-refractivity contribution in [1.29, 1.82) is 0 Å². The molecule has 2 aromatic rings. The van der Waals surface area contributed by atoms with Crippen LogP contribution in [0.15, 0.2) is 30.0 Å². The lowest BCUT2D eigenvalue weighted by atomic mass is 9.92. The monoisotopic (exact) mass is 359 g/mol. The van der Waals surface area contributed by atoms with Gasteiger partial charge in [0.1, 0.15) is 11.6 Å². The number of amides is 1. The molecule has 1 amide bonds. The van der Waals surface area contributed by atoms with Gasteiger partial charge in [-0.25, -0.2) is 0 Å². The fourth-order valence-electron chi connectivity index (χ4n) is 3.57. The van der Waals surface area contributed by atoms with E-state index < -0.39 is 0 Å². The second kappa shape index (κ2) is 7.45. The number of piperidine rings is 1. The van der Waals surface area contributed by atoms with Crippen LogP contribution in [0.5, 0.6) is 0 Å². The Kier molecular flexibility index (Phi) is 4.89. The Morgan fingerprint density at radius 3 is 3.08 bits per heavy atom. The highest BCUT2D eigenvalue weighted by atomic mass is 32.1. The summed E-state index contributed by atoms with van der Waals surface area (Å²) < 4.78 is 6.05. The number of carbonyl (C=O) groups is 1. The van der Waals surface area contributed by atoms with Gasteiger partial charge in [0.05, 0.1) is 6.10 Å². The summed E-state index contributed by atoms with van der Waals surface area (Å²) in [4.78, 5) is 18.6. The molecule has 2 fully saturated rings. The first-order chi connectivity index (χ1) is 12.3. The Morgan fingerprint density at radius 1 is 1.40 bits per heavy atom. The highest BCUT2D eigenvalue weighted by molar-refractivity contribution is 7.13. The molecular weight excluding hydrogens is 338 g/mol. The van der Waals surface area contributed by atoms with E-state index in [0.717, 1.165) is 37.5 Å². The minimum atomic E-state index is -0.332. The Hall–Kier alpha value is -2.06. The second-order valence-corrected chi connectivity index (χ2v) is 7.32. The first-order valence-corrected chi connectivity index (χ1v) is 9.51. The minimum Gasteiger partial charge on any atom is -0.363 e. The lowest BCUT2D eigenvalue weighted by Gasteiger charge is -2.33. The van der Waals surface area contributed by atoms with E-state index in [9.17, 15) is 4.79 Å². The molecule has 0 radical (unpaired) electrons. The van der Waals surface area contributed by atoms with Crippen molar-refractivity contribution in [2.45, 2.75) is 31.5 Å². The van der Waals surface area contributed by atoms with Crippen LogP contribution in [0.4, 0.5) is 5.13 Å². The molecule has 2 aliphatic heterocycles. The zero-order valence-electron chi connectivity index (χ0n) is 13.9. The van der Waals surface area contributed by atoms with Gasteiger partial charge >= 0.3 is 0 Å². The summed E-state index contributed by atoms with van der Waals surface area (Å²) in [6.07, 6.45) is 5.96. The number of carbonyl (C=O) groups excluding carboxylic acids is 1. The maximum atomic E-state index is 12.4. The third-order valence-corrected chi connectivity index (χ3v) is 5.68. The molecule has 8 heteroatoms. The third kappa shape index (κ3) is 3.80. The number of nitrogens with zero attached hydrogens (tertiary/aromatic N) is 4. The zero-order chi connectivity index (χ0) is 17.1. The van der Waals surface area contributed by atoms with E-state index >= 15 is 0 Å². The Labute approximate surface area is 150 Å². The van der Waals surface area contributed by atoms with Crippen LogP contribution in [-0.4, -0.2) is 52.9 Å². The first-order valence-electron chi connectivity index (χ1n) is 8.63. The smallest absolute Gasteiger partial charge is 0.249 e. The Morgan fingerprint density at radius 2 is 2.28 bits per heavy atom. The number of pyridine rings is 1. The topological polar surface area (TPSA) is 80.2 Å². The summed E-state index contributed by atoms with van der Waals surface area (Å²) in [6, 6.07) is 3.93. The van der Waals surface area contributed by atoms with Gasteiger partial charge in [-0.15, -0.1) is 10.2 Å². The largest absolute Gasteiger partial charge is 0.363 e. The van der Waals surface area contributed by atoms with Crippen molar-refractivity contribution in [3.63, 3.8) is 0 Å². The van der Waals surface area contributed by atoms with E-state index in [0.29, 0.717) is 12.5 Å². The van der Waals surface area contributed by atoms with Gasteiger partial charge in [0.2, 0.25) is 11.0 Å². The fraction of sp³-hybridized carbons (Fsp3) is 0.529.